The Balaban J connectivity index is 1.55. The minimum atomic E-state index is -0.779. The van der Waals surface area contributed by atoms with Crippen molar-refractivity contribution in [2.24, 2.45) is 0 Å². The predicted molar refractivity (Wildman–Crippen MR) is 98.5 cm³/mol. The van der Waals surface area contributed by atoms with Crippen LogP contribution in [0.15, 0.2) is 57.7 Å². The Morgan fingerprint density at radius 2 is 1.93 bits per heavy atom. The van der Waals surface area contributed by atoms with Gasteiger partial charge in [0.15, 0.2) is 5.78 Å². The molecule has 7 nitrogen and oxygen atoms in total. The lowest BCUT2D eigenvalue weighted by Gasteiger charge is -2.16. The number of hydrogen-bond acceptors (Lipinski definition) is 5. The number of nitrogens with zero attached hydrogens (tertiary/aromatic N) is 3. The highest BCUT2D eigenvalue weighted by Crippen LogP contribution is 2.22. The molecule has 4 rings (SSSR count). The lowest BCUT2D eigenvalue weighted by atomic mass is 10.1. The maximum atomic E-state index is 13.0. The maximum absolute atomic E-state index is 13.0. The molecule has 28 heavy (non-hydrogen) atoms. The van der Waals surface area contributed by atoms with E-state index in [9.17, 15) is 18.8 Å². The molecule has 1 aliphatic heterocycles. The quantitative estimate of drug-likeness (QED) is 0.635. The molecule has 2 aromatic carbocycles. The Hall–Kier alpha value is -3.55. The van der Waals surface area contributed by atoms with Crippen LogP contribution in [0.1, 0.15) is 23.2 Å². The number of anilines is 1. The first-order chi connectivity index (χ1) is 13.5. The van der Waals surface area contributed by atoms with Crippen molar-refractivity contribution in [3.8, 4) is 11.5 Å². The monoisotopic (exact) mass is 381 g/mol. The summed E-state index contributed by atoms with van der Waals surface area (Å²) in [7, 11) is 0. The Bertz CT molecular complexity index is 1100. The molecule has 0 N–H and O–H groups in total. The van der Waals surface area contributed by atoms with Crippen molar-refractivity contribution < 1.29 is 18.4 Å². The average molecular weight is 381 g/mol. The number of amides is 1. The normalized spacial score (nSPS) is 13.9. The second-order valence-electron chi connectivity index (χ2n) is 6.46. The van der Waals surface area contributed by atoms with Crippen LogP contribution >= 0.6 is 0 Å². The van der Waals surface area contributed by atoms with Gasteiger partial charge < -0.3 is 9.32 Å². The fraction of sp³-hybridized carbons (Fsp3) is 0.200. The van der Waals surface area contributed by atoms with Crippen LogP contribution in [0, 0.1) is 5.82 Å². The molecule has 1 saturated heterocycles. The topological polar surface area (TPSA) is 85.4 Å². The average Bonchev–Trinajstić information content (AvgIpc) is 3.28. The van der Waals surface area contributed by atoms with Crippen molar-refractivity contribution in [2.45, 2.75) is 19.4 Å². The minimum absolute atomic E-state index is 0.00853. The van der Waals surface area contributed by atoms with E-state index in [-0.39, 0.29) is 24.1 Å². The summed E-state index contributed by atoms with van der Waals surface area (Å²) in [4.78, 5) is 38.2. The molecule has 0 unspecified atom stereocenters. The number of ketones is 1. The third-order valence-electron chi connectivity index (χ3n) is 4.54. The fourth-order valence-electron chi connectivity index (χ4n) is 3.11. The van der Waals surface area contributed by atoms with Crippen LogP contribution in [-0.4, -0.2) is 28.0 Å². The fourth-order valence-corrected chi connectivity index (χ4v) is 3.11. The van der Waals surface area contributed by atoms with Crippen LogP contribution in [0.5, 0.6) is 0 Å². The number of rotatable bonds is 5. The van der Waals surface area contributed by atoms with Crippen molar-refractivity contribution in [1.82, 2.24) is 9.78 Å². The van der Waals surface area contributed by atoms with Gasteiger partial charge in [0, 0.05) is 29.8 Å². The predicted octanol–water partition coefficient (Wildman–Crippen LogP) is 2.65. The Kier molecular flexibility index (Phi) is 4.60. The molecule has 0 atom stereocenters. The number of carbonyl (C=O) groups excluding carboxylic acids is 2. The lowest BCUT2D eigenvalue weighted by Crippen LogP contribution is -2.24. The van der Waals surface area contributed by atoms with Gasteiger partial charge in [0.2, 0.25) is 11.8 Å². The van der Waals surface area contributed by atoms with Crippen LogP contribution in [-0.2, 0) is 11.3 Å². The highest BCUT2D eigenvalue weighted by Gasteiger charge is 2.22. The molecule has 0 spiro atoms. The third kappa shape index (κ3) is 3.48. The van der Waals surface area contributed by atoms with Crippen LogP contribution in [0.4, 0.5) is 10.1 Å². The summed E-state index contributed by atoms with van der Waals surface area (Å²) in [5.74, 6) is -1.50. The van der Waals surface area contributed by atoms with Gasteiger partial charge in [0.25, 0.3) is 0 Å². The maximum Gasteiger partial charge on any atom is 0.437 e. The number of Topliss-reactive ketones (excluding diaryl/α,β-unsaturated/α-hetero) is 1. The van der Waals surface area contributed by atoms with Gasteiger partial charge in [-0.15, -0.1) is 5.10 Å². The summed E-state index contributed by atoms with van der Waals surface area (Å²) in [6, 6.07) is 12.1. The van der Waals surface area contributed by atoms with Gasteiger partial charge in [-0.25, -0.2) is 9.18 Å². The SMILES string of the molecule is O=C(Cn1nc(-c2ccc(F)cc2)oc1=O)c1cccc(N2CCCC2=O)c1. The van der Waals surface area contributed by atoms with Crippen molar-refractivity contribution in [1.29, 1.82) is 0 Å². The van der Waals surface area contributed by atoms with Gasteiger partial charge in [0.05, 0.1) is 0 Å². The minimum Gasteiger partial charge on any atom is -0.388 e. The third-order valence-corrected chi connectivity index (χ3v) is 4.54. The smallest absolute Gasteiger partial charge is 0.388 e. The molecular formula is C20H16FN3O4. The molecule has 1 aromatic heterocycles. The number of benzene rings is 2. The molecule has 0 bridgehead atoms. The molecule has 2 heterocycles. The van der Waals surface area contributed by atoms with E-state index in [0.29, 0.717) is 29.8 Å². The number of carbonyl (C=O) groups is 2. The molecule has 1 aliphatic rings. The van der Waals surface area contributed by atoms with Crippen molar-refractivity contribution in [3.05, 3.63) is 70.5 Å². The van der Waals surface area contributed by atoms with Crippen molar-refractivity contribution in [2.75, 3.05) is 11.4 Å². The van der Waals surface area contributed by atoms with Gasteiger partial charge >= 0.3 is 5.76 Å². The van der Waals surface area contributed by atoms with Gasteiger partial charge in [-0.3, -0.25) is 9.59 Å². The summed E-state index contributed by atoms with van der Waals surface area (Å²) in [5.41, 5.74) is 1.46. The van der Waals surface area contributed by atoms with Crippen molar-refractivity contribution in [3.63, 3.8) is 0 Å². The van der Waals surface area contributed by atoms with Crippen LogP contribution in [0.25, 0.3) is 11.5 Å². The molecule has 3 aromatic rings. The number of hydrogen-bond donors (Lipinski definition) is 0. The first-order valence-electron chi connectivity index (χ1n) is 8.79. The number of aromatic nitrogens is 2. The van der Waals surface area contributed by atoms with E-state index in [0.717, 1.165) is 11.1 Å². The summed E-state index contributed by atoms with van der Waals surface area (Å²) in [5, 5.41) is 4.02. The zero-order valence-corrected chi connectivity index (χ0v) is 14.8. The summed E-state index contributed by atoms with van der Waals surface area (Å²) in [6.07, 6.45) is 1.29. The highest BCUT2D eigenvalue weighted by atomic mass is 19.1. The molecule has 0 radical (unpaired) electrons. The molecule has 142 valence electrons. The van der Waals surface area contributed by atoms with E-state index in [1.54, 1.807) is 29.2 Å². The lowest BCUT2D eigenvalue weighted by molar-refractivity contribution is -0.117. The summed E-state index contributed by atoms with van der Waals surface area (Å²) < 4.78 is 19.0. The molecule has 0 aliphatic carbocycles. The molecule has 0 saturated carbocycles. The highest BCUT2D eigenvalue weighted by molar-refractivity contribution is 5.99. The first-order valence-corrected chi connectivity index (χ1v) is 8.79. The Morgan fingerprint density at radius 1 is 1.14 bits per heavy atom. The van der Waals surface area contributed by atoms with E-state index < -0.39 is 11.6 Å². The van der Waals surface area contributed by atoms with E-state index >= 15 is 0 Å². The standard InChI is InChI=1S/C20H16FN3O4/c21-15-8-6-13(7-9-15)19-22-24(20(27)28-19)12-17(25)14-3-1-4-16(11-14)23-10-2-5-18(23)26/h1,3-4,6-9,11H,2,5,10,12H2. The Morgan fingerprint density at radius 3 is 2.64 bits per heavy atom. The van der Waals surface area contributed by atoms with Crippen LogP contribution in [0.2, 0.25) is 0 Å². The first kappa shape index (κ1) is 17.8. The molecule has 1 fully saturated rings. The van der Waals surface area contributed by atoms with E-state index in [4.69, 9.17) is 4.42 Å². The number of halogens is 1. The van der Waals surface area contributed by atoms with Gasteiger partial charge in [-0.1, -0.05) is 12.1 Å². The van der Waals surface area contributed by atoms with Gasteiger partial charge in [-0.2, -0.15) is 4.68 Å². The van der Waals surface area contributed by atoms with E-state index in [1.807, 2.05) is 0 Å². The van der Waals surface area contributed by atoms with Gasteiger partial charge in [0.1, 0.15) is 12.4 Å². The summed E-state index contributed by atoms with van der Waals surface area (Å²) in [6.45, 7) is 0.321. The van der Waals surface area contributed by atoms with Crippen LogP contribution < -0.4 is 10.7 Å². The van der Waals surface area contributed by atoms with Gasteiger partial charge in [-0.05, 0) is 42.8 Å². The Labute approximate surface area is 159 Å². The van der Waals surface area contributed by atoms with E-state index in [1.165, 1.54) is 24.3 Å². The zero-order valence-electron chi connectivity index (χ0n) is 14.8. The van der Waals surface area contributed by atoms with E-state index in [2.05, 4.69) is 5.10 Å². The molecule has 8 heteroatoms. The second-order valence-corrected chi connectivity index (χ2v) is 6.46. The van der Waals surface area contributed by atoms with Crippen molar-refractivity contribution >= 4 is 17.4 Å². The zero-order chi connectivity index (χ0) is 19.7. The second kappa shape index (κ2) is 7.22. The molecule has 1 amide bonds. The van der Waals surface area contributed by atoms with Crippen LogP contribution in [0.3, 0.4) is 0 Å². The molecular weight excluding hydrogens is 365 g/mol. The summed E-state index contributed by atoms with van der Waals surface area (Å²) >= 11 is 0. The largest absolute Gasteiger partial charge is 0.437 e.